The molecule has 90 valence electrons. The molecule has 1 N–H and O–H groups in total. The van der Waals surface area contributed by atoms with E-state index in [1.807, 2.05) is 4.90 Å². The van der Waals surface area contributed by atoms with Crippen LogP contribution in [-0.2, 0) is 9.53 Å². The minimum absolute atomic E-state index is 0.101. The quantitative estimate of drug-likeness (QED) is 0.543. The molecule has 0 saturated carbocycles. The van der Waals surface area contributed by atoms with Crippen LogP contribution in [0, 0.1) is 18.3 Å². The van der Waals surface area contributed by atoms with E-state index in [9.17, 15) is 4.79 Å². The SMILES string of the molecule is C#CCNCC(=O)N1CCC(C)C(OC)C1. The highest BCUT2D eigenvalue weighted by Crippen LogP contribution is 2.19. The van der Waals surface area contributed by atoms with Gasteiger partial charge in [-0.05, 0) is 12.3 Å². The lowest BCUT2D eigenvalue weighted by Crippen LogP contribution is -2.49. The lowest BCUT2D eigenvalue weighted by molar-refractivity contribution is -0.135. The van der Waals surface area contributed by atoms with Crippen LogP contribution >= 0.6 is 0 Å². The Kier molecular flexibility index (Phi) is 5.30. The number of rotatable bonds is 4. The second-order valence-electron chi connectivity index (χ2n) is 4.19. The highest BCUT2D eigenvalue weighted by molar-refractivity contribution is 5.78. The van der Waals surface area contributed by atoms with E-state index >= 15 is 0 Å². The average Bonchev–Trinajstić information content (AvgIpc) is 2.30. The second-order valence-corrected chi connectivity index (χ2v) is 4.19. The predicted octanol–water partition coefficient (Wildman–Crippen LogP) is 0.0926. The van der Waals surface area contributed by atoms with Crippen molar-refractivity contribution < 1.29 is 9.53 Å². The third-order valence-electron chi connectivity index (χ3n) is 3.05. The van der Waals surface area contributed by atoms with Gasteiger partial charge in [0.25, 0.3) is 0 Å². The van der Waals surface area contributed by atoms with Gasteiger partial charge in [0, 0.05) is 20.2 Å². The van der Waals surface area contributed by atoms with Crippen LogP contribution in [0.2, 0.25) is 0 Å². The number of nitrogens with zero attached hydrogens (tertiary/aromatic N) is 1. The molecule has 4 nitrogen and oxygen atoms in total. The summed E-state index contributed by atoms with van der Waals surface area (Å²) in [4.78, 5) is 13.6. The van der Waals surface area contributed by atoms with Crippen LogP contribution in [0.5, 0.6) is 0 Å². The zero-order valence-electron chi connectivity index (χ0n) is 10.0. The van der Waals surface area contributed by atoms with Crippen LogP contribution in [0.25, 0.3) is 0 Å². The summed E-state index contributed by atoms with van der Waals surface area (Å²) in [6, 6.07) is 0. The van der Waals surface area contributed by atoms with Crippen molar-refractivity contribution >= 4 is 5.91 Å². The van der Waals surface area contributed by atoms with Gasteiger partial charge in [-0.2, -0.15) is 0 Å². The van der Waals surface area contributed by atoms with Gasteiger partial charge < -0.3 is 9.64 Å². The zero-order valence-corrected chi connectivity index (χ0v) is 10.0. The molecule has 1 aliphatic heterocycles. The van der Waals surface area contributed by atoms with E-state index in [0.717, 1.165) is 13.0 Å². The molecule has 0 radical (unpaired) electrons. The van der Waals surface area contributed by atoms with E-state index in [-0.39, 0.29) is 12.0 Å². The summed E-state index contributed by atoms with van der Waals surface area (Å²) in [5.74, 6) is 3.07. The van der Waals surface area contributed by atoms with Crippen molar-refractivity contribution in [2.45, 2.75) is 19.4 Å². The number of hydrogen-bond donors (Lipinski definition) is 1. The van der Waals surface area contributed by atoms with Crippen molar-refractivity contribution in [3.63, 3.8) is 0 Å². The second kappa shape index (κ2) is 6.51. The molecule has 4 heteroatoms. The number of likely N-dealkylation sites (tertiary alicyclic amines) is 1. The topological polar surface area (TPSA) is 41.6 Å². The standard InChI is InChI=1S/C12H20N2O2/c1-4-6-13-8-12(15)14-7-5-10(2)11(9-14)16-3/h1,10-11,13H,5-9H2,2-3H3. The Morgan fingerprint density at radius 3 is 3.06 bits per heavy atom. The number of ether oxygens (including phenoxy) is 1. The average molecular weight is 224 g/mol. The van der Waals surface area contributed by atoms with Gasteiger partial charge in [-0.1, -0.05) is 12.8 Å². The Balaban J connectivity index is 2.37. The largest absolute Gasteiger partial charge is 0.379 e. The van der Waals surface area contributed by atoms with Crippen molar-refractivity contribution in [2.75, 3.05) is 33.3 Å². The summed E-state index contributed by atoms with van der Waals surface area (Å²) < 4.78 is 5.36. The van der Waals surface area contributed by atoms with Crippen LogP contribution in [0.4, 0.5) is 0 Å². The first kappa shape index (κ1) is 13.0. The van der Waals surface area contributed by atoms with E-state index in [2.05, 4.69) is 18.2 Å². The first-order valence-electron chi connectivity index (χ1n) is 5.63. The number of carbonyl (C=O) groups excluding carboxylic acids is 1. The molecule has 0 aromatic carbocycles. The van der Waals surface area contributed by atoms with Crippen LogP contribution in [0.1, 0.15) is 13.3 Å². The Morgan fingerprint density at radius 2 is 2.44 bits per heavy atom. The highest BCUT2D eigenvalue weighted by Gasteiger charge is 2.28. The van der Waals surface area contributed by atoms with Gasteiger partial charge >= 0.3 is 0 Å². The lowest BCUT2D eigenvalue weighted by atomic mass is 9.96. The van der Waals surface area contributed by atoms with Crippen molar-refractivity contribution in [1.82, 2.24) is 10.2 Å². The van der Waals surface area contributed by atoms with Crippen molar-refractivity contribution in [3.05, 3.63) is 0 Å². The van der Waals surface area contributed by atoms with Crippen molar-refractivity contribution in [1.29, 1.82) is 0 Å². The van der Waals surface area contributed by atoms with Gasteiger partial charge in [-0.25, -0.2) is 0 Å². The number of carbonyl (C=O) groups is 1. The van der Waals surface area contributed by atoms with Gasteiger partial charge in [0.1, 0.15) is 0 Å². The van der Waals surface area contributed by atoms with Gasteiger partial charge in [0.2, 0.25) is 5.91 Å². The molecular weight excluding hydrogens is 204 g/mol. The fourth-order valence-corrected chi connectivity index (χ4v) is 1.92. The van der Waals surface area contributed by atoms with Crippen molar-refractivity contribution in [2.24, 2.45) is 5.92 Å². The first-order chi connectivity index (χ1) is 7.69. The predicted molar refractivity (Wildman–Crippen MR) is 62.9 cm³/mol. The number of terminal acetylenes is 1. The fraction of sp³-hybridized carbons (Fsp3) is 0.750. The molecule has 1 rings (SSSR count). The summed E-state index contributed by atoms with van der Waals surface area (Å²) in [7, 11) is 1.70. The van der Waals surface area contributed by atoms with E-state index in [1.165, 1.54) is 0 Å². The van der Waals surface area contributed by atoms with Gasteiger partial charge in [-0.3, -0.25) is 10.1 Å². The minimum atomic E-state index is 0.101. The van der Waals surface area contributed by atoms with E-state index in [4.69, 9.17) is 11.2 Å². The van der Waals surface area contributed by atoms with Gasteiger partial charge in [-0.15, -0.1) is 6.42 Å². The molecule has 1 amide bonds. The molecule has 0 aliphatic carbocycles. The number of nitrogens with one attached hydrogen (secondary N) is 1. The monoisotopic (exact) mass is 224 g/mol. The van der Waals surface area contributed by atoms with E-state index < -0.39 is 0 Å². The smallest absolute Gasteiger partial charge is 0.236 e. The van der Waals surface area contributed by atoms with Gasteiger partial charge in [0.05, 0.1) is 19.2 Å². The molecule has 2 unspecified atom stereocenters. The molecule has 1 saturated heterocycles. The molecule has 0 spiro atoms. The van der Waals surface area contributed by atoms with Crippen LogP contribution in [0.3, 0.4) is 0 Å². The van der Waals surface area contributed by atoms with Crippen molar-refractivity contribution in [3.8, 4) is 12.3 Å². The highest BCUT2D eigenvalue weighted by atomic mass is 16.5. The van der Waals surface area contributed by atoms with Gasteiger partial charge in [0.15, 0.2) is 0 Å². The van der Waals surface area contributed by atoms with Crippen LogP contribution in [0.15, 0.2) is 0 Å². The van der Waals surface area contributed by atoms with Crippen LogP contribution < -0.4 is 5.32 Å². The first-order valence-corrected chi connectivity index (χ1v) is 5.63. The third kappa shape index (κ3) is 3.51. The van der Waals surface area contributed by atoms with Crippen LogP contribution in [-0.4, -0.2) is 50.2 Å². The number of methoxy groups -OCH3 is 1. The molecule has 1 fully saturated rings. The molecule has 2 atom stereocenters. The Labute approximate surface area is 97.3 Å². The Morgan fingerprint density at radius 1 is 1.69 bits per heavy atom. The number of hydrogen-bond acceptors (Lipinski definition) is 3. The summed E-state index contributed by atoms with van der Waals surface area (Å²) in [5, 5.41) is 2.91. The van der Waals surface area contributed by atoms with E-state index in [0.29, 0.717) is 25.6 Å². The fourth-order valence-electron chi connectivity index (χ4n) is 1.92. The Bertz CT molecular complexity index is 273. The normalized spacial score (nSPS) is 25.2. The summed E-state index contributed by atoms with van der Waals surface area (Å²) >= 11 is 0. The number of piperidine rings is 1. The molecule has 16 heavy (non-hydrogen) atoms. The maximum absolute atomic E-state index is 11.8. The zero-order chi connectivity index (χ0) is 12.0. The number of amides is 1. The third-order valence-corrected chi connectivity index (χ3v) is 3.05. The minimum Gasteiger partial charge on any atom is -0.379 e. The summed E-state index contributed by atoms with van der Waals surface area (Å²) in [6.45, 7) is 4.41. The molecular formula is C12H20N2O2. The molecule has 0 bridgehead atoms. The maximum atomic E-state index is 11.8. The summed E-state index contributed by atoms with van der Waals surface area (Å²) in [5.41, 5.74) is 0. The molecule has 1 aliphatic rings. The lowest BCUT2D eigenvalue weighted by Gasteiger charge is -2.36. The molecule has 0 aromatic heterocycles. The molecule has 0 aromatic rings. The molecule has 1 heterocycles. The summed E-state index contributed by atoms with van der Waals surface area (Å²) in [6.07, 6.45) is 6.25. The Hall–Kier alpha value is -1.05. The van der Waals surface area contributed by atoms with E-state index in [1.54, 1.807) is 7.11 Å². The maximum Gasteiger partial charge on any atom is 0.236 e.